The highest BCUT2D eigenvalue weighted by molar-refractivity contribution is 5.98. The Bertz CT molecular complexity index is 520. The van der Waals surface area contributed by atoms with E-state index in [1.54, 1.807) is 0 Å². The smallest absolute Gasteiger partial charge is 0.243 e. The Balaban J connectivity index is 1.84. The Morgan fingerprint density at radius 3 is 3.00 bits per heavy atom. The molecule has 5 nitrogen and oxygen atoms in total. The van der Waals surface area contributed by atoms with Crippen molar-refractivity contribution in [3.63, 3.8) is 0 Å². The predicted octanol–water partition coefficient (Wildman–Crippen LogP) is 0.842. The average Bonchev–Trinajstić information content (AvgIpc) is 2.60. The van der Waals surface area contributed by atoms with E-state index in [0.29, 0.717) is 6.54 Å². The molecule has 5 heteroatoms. The number of morpholine rings is 1. The van der Waals surface area contributed by atoms with Crippen molar-refractivity contribution in [1.29, 1.82) is 0 Å². The highest BCUT2D eigenvalue weighted by Crippen LogP contribution is 2.25. The first-order valence-electron chi connectivity index (χ1n) is 7.58. The van der Waals surface area contributed by atoms with Gasteiger partial charge in [0.05, 0.1) is 25.3 Å². The molecule has 0 radical (unpaired) electrons. The minimum Gasteiger partial charge on any atom is -0.374 e. The van der Waals surface area contributed by atoms with Gasteiger partial charge in [-0.05, 0) is 25.6 Å². The fourth-order valence-electron chi connectivity index (χ4n) is 3.00. The number of para-hydroxylation sites is 1. The fourth-order valence-corrected chi connectivity index (χ4v) is 3.00. The van der Waals surface area contributed by atoms with E-state index in [1.165, 1.54) is 5.56 Å². The number of rotatable bonds is 2. The number of hydrogen-bond acceptors (Lipinski definition) is 4. The van der Waals surface area contributed by atoms with E-state index in [9.17, 15) is 4.79 Å². The molecule has 1 amide bonds. The van der Waals surface area contributed by atoms with Gasteiger partial charge in [-0.2, -0.15) is 0 Å². The molecule has 3 rings (SSSR count). The second-order valence-corrected chi connectivity index (χ2v) is 5.94. The van der Waals surface area contributed by atoms with E-state index >= 15 is 0 Å². The number of amides is 1. The van der Waals surface area contributed by atoms with Crippen molar-refractivity contribution in [3.05, 3.63) is 29.8 Å². The van der Waals surface area contributed by atoms with Crippen molar-refractivity contribution in [2.45, 2.75) is 25.6 Å². The van der Waals surface area contributed by atoms with Gasteiger partial charge in [0.1, 0.15) is 0 Å². The van der Waals surface area contributed by atoms with Crippen LogP contribution in [0.1, 0.15) is 12.5 Å². The summed E-state index contributed by atoms with van der Waals surface area (Å²) in [4.78, 5) is 16.8. The summed E-state index contributed by atoms with van der Waals surface area (Å²) in [5.74, 6) is 0.122. The van der Waals surface area contributed by atoms with Crippen LogP contribution in [0, 0.1) is 0 Å². The summed E-state index contributed by atoms with van der Waals surface area (Å²) < 4.78 is 5.83. The van der Waals surface area contributed by atoms with Crippen molar-refractivity contribution in [2.24, 2.45) is 0 Å². The molecular formula is C16H23N3O2. The average molecular weight is 289 g/mol. The third-order valence-corrected chi connectivity index (χ3v) is 4.25. The molecule has 1 fully saturated rings. The summed E-state index contributed by atoms with van der Waals surface area (Å²) in [7, 11) is 2.10. The Morgan fingerprint density at radius 2 is 2.19 bits per heavy atom. The first kappa shape index (κ1) is 14.5. The molecule has 0 saturated carbocycles. The molecular weight excluding hydrogens is 266 g/mol. The number of fused-ring (bicyclic) bond motifs is 1. The topological polar surface area (TPSA) is 44.8 Å². The van der Waals surface area contributed by atoms with Gasteiger partial charge in [-0.15, -0.1) is 0 Å². The van der Waals surface area contributed by atoms with Crippen LogP contribution in [0.4, 0.5) is 5.69 Å². The molecule has 1 aromatic rings. The van der Waals surface area contributed by atoms with E-state index in [1.807, 2.05) is 30.0 Å². The summed E-state index contributed by atoms with van der Waals surface area (Å²) in [6, 6.07) is 7.94. The zero-order valence-corrected chi connectivity index (χ0v) is 12.7. The first-order chi connectivity index (χ1) is 10.1. The molecule has 0 aromatic heterocycles. The van der Waals surface area contributed by atoms with Crippen molar-refractivity contribution in [1.82, 2.24) is 10.2 Å². The lowest BCUT2D eigenvalue weighted by atomic mass is 10.1. The van der Waals surface area contributed by atoms with Crippen LogP contribution >= 0.6 is 0 Å². The number of carbonyl (C=O) groups is 1. The van der Waals surface area contributed by atoms with Gasteiger partial charge in [-0.1, -0.05) is 18.2 Å². The van der Waals surface area contributed by atoms with Crippen LogP contribution < -0.4 is 10.2 Å². The SMILES string of the molecule is CC1NCc2ccccc2N(CC2CN(C)CCO2)C1=O. The molecule has 114 valence electrons. The van der Waals surface area contributed by atoms with Gasteiger partial charge < -0.3 is 19.9 Å². The van der Waals surface area contributed by atoms with Crippen molar-refractivity contribution in [2.75, 3.05) is 38.2 Å². The molecule has 21 heavy (non-hydrogen) atoms. The number of likely N-dealkylation sites (N-methyl/N-ethyl adjacent to an activating group) is 1. The molecule has 0 bridgehead atoms. The number of carbonyl (C=O) groups excluding carboxylic acids is 1. The zero-order chi connectivity index (χ0) is 14.8. The maximum Gasteiger partial charge on any atom is 0.243 e. The van der Waals surface area contributed by atoms with Gasteiger partial charge in [0.25, 0.3) is 0 Å². The van der Waals surface area contributed by atoms with Crippen LogP contribution in [0.3, 0.4) is 0 Å². The van der Waals surface area contributed by atoms with E-state index < -0.39 is 0 Å². The predicted molar refractivity (Wildman–Crippen MR) is 82.3 cm³/mol. The van der Waals surface area contributed by atoms with Gasteiger partial charge in [-0.3, -0.25) is 4.79 Å². The lowest BCUT2D eigenvalue weighted by molar-refractivity contribution is -0.120. The van der Waals surface area contributed by atoms with Crippen molar-refractivity contribution >= 4 is 11.6 Å². The molecule has 0 spiro atoms. The molecule has 1 N–H and O–H groups in total. The minimum atomic E-state index is -0.168. The van der Waals surface area contributed by atoms with Crippen LogP contribution in [-0.2, 0) is 16.1 Å². The second-order valence-electron chi connectivity index (χ2n) is 5.94. The third kappa shape index (κ3) is 3.10. The lowest BCUT2D eigenvalue weighted by Gasteiger charge is -2.34. The van der Waals surface area contributed by atoms with Crippen LogP contribution in [0.15, 0.2) is 24.3 Å². The van der Waals surface area contributed by atoms with Crippen molar-refractivity contribution < 1.29 is 9.53 Å². The quantitative estimate of drug-likeness (QED) is 0.876. The largest absolute Gasteiger partial charge is 0.374 e. The summed E-state index contributed by atoms with van der Waals surface area (Å²) in [6.45, 7) is 5.83. The Labute approximate surface area is 125 Å². The Hall–Kier alpha value is -1.43. The first-order valence-corrected chi connectivity index (χ1v) is 7.58. The highest BCUT2D eigenvalue weighted by atomic mass is 16.5. The molecule has 1 saturated heterocycles. The highest BCUT2D eigenvalue weighted by Gasteiger charge is 2.30. The zero-order valence-electron chi connectivity index (χ0n) is 12.7. The van der Waals surface area contributed by atoms with E-state index in [4.69, 9.17) is 4.74 Å². The number of ether oxygens (including phenoxy) is 1. The van der Waals surface area contributed by atoms with Gasteiger partial charge in [0, 0.05) is 25.3 Å². The number of anilines is 1. The fraction of sp³-hybridized carbons (Fsp3) is 0.562. The molecule has 2 aliphatic heterocycles. The maximum atomic E-state index is 12.7. The molecule has 2 aliphatic rings. The number of hydrogen-bond donors (Lipinski definition) is 1. The van der Waals surface area contributed by atoms with E-state index in [-0.39, 0.29) is 18.1 Å². The monoisotopic (exact) mass is 289 g/mol. The minimum absolute atomic E-state index is 0.0751. The number of nitrogens with zero attached hydrogens (tertiary/aromatic N) is 2. The number of benzene rings is 1. The molecule has 2 unspecified atom stereocenters. The van der Waals surface area contributed by atoms with E-state index in [2.05, 4.69) is 23.3 Å². The molecule has 2 atom stereocenters. The van der Waals surface area contributed by atoms with Gasteiger partial charge in [0.15, 0.2) is 0 Å². The summed E-state index contributed by atoms with van der Waals surface area (Å²) in [6.07, 6.45) is 0.0751. The maximum absolute atomic E-state index is 12.7. The summed E-state index contributed by atoms with van der Waals surface area (Å²) in [5, 5.41) is 3.28. The second kappa shape index (κ2) is 6.13. The van der Waals surface area contributed by atoms with Crippen molar-refractivity contribution in [3.8, 4) is 0 Å². The van der Waals surface area contributed by atoms with E-state index in [0.717, 1.165) is 31.9 Å². The summed E-state index contributed by atoms with van der Waals surface area (Å²) >= 11 is 0. The standard InChI is InChI=1S/C16H23N3O2/c1-12-16(20)19(11-14-10-18(2)7-8-21-14)15-6-4-3-5-13(15)9-17-12/h3-6,12,14,17H,7-11H2,1-2H3. The molecule has 1 aromatic carbocycles. The number of nitrogens with one attached hydrogen (secondary N) is 1. The lowest BCUT2D eigenvalue weighted by Crippen LogP contribution is -2.50. The normalized spacial score (nSPS) is 27.3. The Morgan fingerprint density at radius 1 is 1.38 bits per heavy atom. The van der Waals surface area contributed by atoms with Crippen LogP contribution in [-0.4, -0.2) is 56.2 Å². The van der Waals surface area contributed by atoms with Gasteiger partial charge in [0.2, 0.25) is 5.91 Å². The van der Waals surface area contributed by atoms with Crippen LogP contribution in [0.2, 0.25) is 0 Å². The van der Waals surface area contributed by atoms with Crippen LogP contribution in [0.25, 0.3) is 0 Å². The van der Waals surface area contributed by atoms with Gasteiger partial charge in [-0.25, -0.2) is 0 Å². The Kier molecular flexibility index (Phi) is 4.24. The van der Waals surface area contributed by atoms with Gasteiger partial charge >= 0.3 is 0 Å². The summed E-state index contributed by atoms with van der Waals surface area (Å²) in [5.41, 5.74) is 2.18. The molecule has 0 aliphatic carbocycles. The van der Waals surface area contributed by atoms with Crippen LogP contribution in [0.5, 0.6) is 0 Å². The molecule has 2 heterocycles. The third-order valence-electron chi connectivity index (χ3n) is 4.25.